The number of fused-ring (bicyclic) bond motifs is 1. The summed E-state index contributed by atoms with van der Waals surface area (Å²) in [5, 5.41) is 39.7. The minimum absolute atomic E-state index is 0.0123. The lowest BCUT2D eigenvalue weighted by atomic mass is 9.66. The van der Waals surface area contributed by atoms with Crippen LogP contribution in [-0.2, 0) is 14.3 Å². The molecule has 0 aromatic heterocycles. The molecule has 0 spiro atoms. The van der Waals surface area contributed by atoms with Crippen LogP contribution in [0.15, 0.2) is 42.0 Å². The topological polar surface area (TPSA) is 134 Å². The number of hydrogen-bond acceptors (Lipinski definition) is 7. The first kappa shape index (κ1) is 29.9. The number of aryl methyl sites for hydroxylation is 1. The predicted octanol–water partition coefficient (Wildman–Crippen LogP) is 3.87. The first-order valence-electron chi connectivity index (χ1n) is 13.6. The zero-order chi connectivity index (χ0) is 28.0. The molecule has 0 saturated heterocycles. The van der Waals surface area contributed by atoms with E-state index in [0.717, 1.165) is 16.7 Å². The Morgan fingerprint density at radius 1 is 1.16 bits per heavy atom. The highest BCUT2D eigenvalue weighted by molar-refractivity contribution is 5.75. The standard InChI is InChI=1S/C30H42O8/c1-5-25(37-26-8-6-7-17(2)19(26)4)30(36)38-27-15-22(32)13-20-10-9-18(3)24(29(20)27)12-11-21(31)14-23(33)16-28(34)35/h6-10,13,18,21-25,27,29,31-33H,5,11-12,14-16H2,1-4H3,(H,34,35). The third-order valence-electron chi connectivity index (χ3n) is 7.89. The van der Waals surface area contributed by atoms with Gasteiger partial charge in [-0.1, -0.05) is 44.2 Å². The van der Waals surface area contributed by atoms with E-state index in [9.17, 15) is 24.9 Å². The Morgan fingerprint density at radius 2 is 1.89 bits per heavy atom. The van der Waals surface area contributed by atoms with Gasteiger partial charge in [-0.2, -0.15) is 0 Å². The van der Waals surface area contributed by atoms with Gasteiger partial charge in [-0.15, -0.1) is 0 Å². The first-order valence-corrected chi connectivity index (χ1v) is 13.6. The van der Waals surface area contributed by atoms with Crippen molar-refractivity contribution in [3.63, 3.8) is 0 Å². The molecule has 2 aliphatic rings. The highest BCUT2D eigenvalue weighted by Crippen LogP contribution is 2.44. The molecule has 0 amide bonds. The number of benzene rings is 1. The van der Waals surface area contributed by atoms with Crippen molar-refractivity contribution in [3.05, 3.63) is 53.1 Å². The minimum atomic E-state index is -1.11. The molecule has 0 heterocycles. The number of ether oxygens (including phenoxy) is 2. The summed E-state index contributed by atoms with van der Waals surface area (Å²) in [6, 6.07) is 5.71. The number of aliphatic hydroxyl groups excluding tert-OH is 3. The smallest absolute Gasteiger partial charge is 0.347 e. The molecular formula is C30H42O8. The van der Waals surface area contributed by atoms with Crippen molar-refractivity contribution in [2.45, 2.75) is 96.7 Å². The maximum absolute atomic E-state index is 13.3. The van der Waals surface area contributed by atoms with Gasteiger partial charge in [-0.25, -0.2) is 4.79 Å². The molecule has 2 aliphatic carbocycles. The van der Waals surface area contributed by atoms with Gasteiger partial charge >= 0.3 is 11.9 Å². The van der Waals surface area contributed by atoms with E-state index < -0.39 is 48.9 Å². The van der Waals surface area contributed by atoms with E-state index in [0.29, 0.717) is 25.0 Å². The second-order valence-electron chi connectivity index (χ2n) is 10.8. The summed E-state index contributed by atoms with van der Waals surface area (Å²) in [6.07, 6.45) is 3.07. The number of carbonyl (C=O) groups excluding carboxylic acids is 1. The lowest BCUT2D eigenvalue weighted by molar-refractivity contribution is -0.163. The van der Waals surface area contributed by atoms with Crippen LogP contribution in [0.2, 0.25) is 0 Å². The summed E-state index contributed by atoms with van der Waals surface area (Å²) in [6.45, 7) is 7.88. The van der Waals surface area contributed by atoms with Crippen molar-refractivity contribution < 1.29 is 39.5 Å². The molecule has 8 heteroatoms. The molecule has 0 saturated carbocycles. The molecule has 3 rings (SSSR count). The highest BCUT2D eigenvalue weighted by Gasteiger charge is 2.42. The minimum Gasteiger partial charge on any atom is -0.481 e. The third kappa shape index (κ3) is 7.68. The van der Waals surface area contributed by atoms with Gasteiger partial charge in [0, 0.05) is 12.3 Å². The predicted molar refractivity (Wildman–Crippen MR) is 143 cm³/mol. The number of aliphatic carboxylic acids is 1. The fraction of sp³-hybridized carbons (Fsp3) is 0.600. The van der Waals surface area contributed by atoms with E-state index in [4.69, 9.17) is 14.6 Å². The summed E-state index contributed by atoms with van der Waals surface area (Å²) in [7, 11) is 0. The van der Waals surface area contributed by atoms with Crippen molar-refractivity contribution >= 4 is 11.9 Å². The Bertz CT molecular complexity index is 1030. The number of carbonyl (C=O) groups is 2. The maximum atomic E-state index is 13.3. The normalized spacial score (nSPS) is 27.0. The molecule has 8 unspecified atom stereocenters. The average Bonchev–Trinajstić information content (AvgIpc) is 2.83. The van der Waals surface area contributed by atoms with Crippen molar-refractivity contribution in [1.82, 2.24) is 0 Å². The molecule has 0 bridgehead atoms. The fourth-order valence-corrected chi connectivity index (χ4v) is 5.62. The number of hydrogen-bond donors (Lipinski definition) is 4. The van der Waals surface area contributed by atoms with Crippen molar-refractivity contribution in [1.29, 1.82) is 0 Å². The van der Waals surface area contributed by atoms with Crippen molar-refractivity contribution in [3.8, 4) is 5.75 Å². The molecule has 1 aromatic carbocycles. The highest BCUT2D eigenvalue weighted by atomic mass is 16.6. The van der Waals surface area contributed by atoms with Crippen LogP contribution in [0, 0.1) is 31.6 Å². The lowest BCUT2D eigenvalue weighted by Gasteiger charge is -2.43. The molecule has 210 valence electrons. The van der Waals surface area contributed by atoms with Crippen LogP contribution in [0.5, 0.6) is 5.75 Å². The van der Waals surface area contributed by atoms with Gasteiger partial charge in [0.25, 0.3) is 0 Å². The second-order valence-corrected chi connectivity index (χ2v) is 10.8. The molecule has 1 aromatic rings. The summed E-state index contributed by atoms with van der Waals surface area (Å²) < 4.78 is 12.1. The number of carboxylic acid groups (broad SMARTS) is 1. The van der Waals surface area contributed by atoms with Crippen LogP contribution in [0.1, 0.15) is 63.5 Å². The molecule has 8 atom stereocenters. The van der Waals surface area contributed by atoms with Gasteiger partial charge in [0.15, 0.2) is 6.10 Å². The van der Waals surface area contributed by atoms with Crippen LogP contribution >= 0.6 is 0 Å². The Balaban J connectivity index is 1.72. The third-order valence-corrected chi connectivity index (χ3v) is 7.89. The number of carboxylic acids is 1. The summed E-state index contributed by atoms with van der Waals surface area (Å²) in [5.74, 6) is -0.922. The van der Waals surface area contributed by atoms with E-state index in [-0.39, 0.29) is 30.6 Å². The van der Waals surface area contributed by atoms with Crippen LogP contribution in [-0.4, -0.2) is 62.9 Å². The van der Waals surface area contributed by atoms with E-state index in [1.54, 1.807) is 6.08 Å². The van der Waals surface area contributed by atoms with Gasteiger partial charge in [0.1, 0.15) is 11.9 Å². The number of rotatable bonds is 12. The summed E-state index contributed by atoms with van der Waals surface area (Å²) >= 11 is 0. The molecule has 38 heavy (non-hydrogen) atoms. The Hall–Kier alpha value is -2.68. The van der Waals surface area contributed by atoms with Crippen LogP contribution < -0.4 is 4.74 Å². The summed E-state index contributed by atoms with van der Waals surface area (Å²) in [4.78, 5) is 24.1. The fourth-order valence-electron chi connectivity index (χ4n) is 5.62. The quantitative estimate of drug-likeness (QED) is 0.299. The van der Waals surface area contributed by atoms with Gasteiger partial charge in [0.2, 0.25) is 0 Å². The first-order chi connectivity index (χ1) is 18.0. The van der Waals surface area contributed by atoms with Crippen LogP contribution in [0.4, 0.5) is 0 Å². The van der Waals surface area contributed by atoms with Gasteiger partial charge < -0.3 is 29.9 Å². The lowest BCUT2D eigenvalue weighted by Crippen LogP contribution is -2.44. The van der Waals surface area contributed by atoms with Gasteiger partial charge in [0.05, 0.1) is 24.7 Å². The molecule has 0 aliphatic heterocycles. The molecule has 0 radical (unpaired) electrons. The number of esters is 1. The zero-order valence-corrected chi connectivity index (χ0v) is 22.7. The van der Waals surface area contributed by atoms with E-state index in [1.807, 2.05) is 45.0 Å². The van der Waals surface area contributed by atoms with Crippen molar-refractivity contribution in [2.75, 3.05) is 0 Å². The Labute approximate surface area is 225 Å². The van der Waals surface area contributed by atoms with E-state index >= 15 is 0 Å². The molecular weight excluding hydrogens is 488 g/mol. The molecule has 0 fully saturated rings. The van der Waals surface area contributed by atoms with E-state index in [2.05, 4.69) is 13.0 Å². The Morgan fingerprint density at radius 3 is 2.58 bits per heavy atom. The number of allylic oxidation sites excluding steroid dienone is 2. The Kier molecular flexibility index (Phi) is 10.5. The SMILES string of the molecule is CCC(Oc1cccc(C)c1C)C(=O)OC1CC(O)C=C2C=CC(C)C(CCC(O)CC(O)CC(=O)O)C21. The largest absolute Gasteiger partial charge is 0.481 e. The zero-order valence-electron chi connectivity index (χ0n) is 22.7. The second kappa shape index (κ2) is 13.4. The average molecular weight is 531 g/mol. The number of aliphatic hydroxyl groups is 3. The van der Waals surface area contributed by atoms with Crippen LogP contribution in [0.3, 0.4) is 0 Å². The summed E-state index contributed by atoms with van der Waals surface area (Å²) in [5.41, 5.74) is 2.95. The molecule has 4 N–H and O–H groups in total. The van der Waals surface area contributed by atoms with Gasteiger partial charge in [-0.05, 0) is 74.1 Å². The maximum Gasteiger partial charge on any atom is 0.347 e. The monoisotopic (exact) mass is 530 g/mol. The van der Waals surface area contributed by atoms with E-state index in [1.165, 1.54) is 0 Å². The molecule has 8 nitrogen and oxygen atoms in total. The van der Waals surface area contributed by atoms with Crippen molar-refractivity contribution in [2.24, 2.45) is 17.8 Å². The van der Waals surface area contributed by atoms with Gasteiger partial charge in [-0.3, -0.25) is 4.79 Å². The van der Waals surface area contributed by atoms with Crippen LogP contribution in [0.25, 0.3) is 0 Å².